The fourth-order valence-corrected chi connectivity index (χ4v) is 3.95. The molecule has 8 heteroatoms. The number of carbonyl (C=O) groups excluding carboxylic acids is 1. The molecule has 0 radical (unpaired) electrons. The van der Waals surface area contributed by atoms with Crippen molar-refractivity contribution in [3.05, 3.63) is 65.0 Å². The normalized spacial score (nSPS) is 12.0. The first kappa shape index (κ1) is 20.0. The maximum Gasteiger partial charge on any atom is 0.235 e. The molecule has 0 aliphatic rings. The van der Waals surface area contributed by atoms with E-state index in [9.17, 15) is 9.18 Å². The Kier molecular flexibility index (Phi) is 6.08. The molecule has 0 N–H and O–H groups in total. The lowest BCUT2D eigenvalue weighted by Crippen LogP contribution is -2.33. The van der Waals surface area contributed by atoms with Gasteiger partial charge in [0.05, 0.1) is 10.9 Å². The first-order valence-corrected chi connectivity index (χ1v) is 9.76. The number of nitrogens with zero attached hydrogens (tertiary/aromatic N) is 5. The number of thioether (sulfide) groups is 1. The van der Waals surface area contributed by atoms with E-state index in [2.05, 4.69) is 15.5 Å². The topological polar surface area (TPSA) is 63.9 Å². The predicted molar refractivity (Wildman–Crippen MR) is 107 cm³/mol. The van der Waals surface area contributed by atoms with Crippen LogP contribution in [0.1, 0.15) is 23.6 Å². The summed E-state index contributed by atoms with van der Waals surface area (Å²) < 4.78 is 15.0. The molecular formula is C20H22FN5OS. The monoisotopic (exact) mass is 399 g/mol. The van der Waals surface area contributed by atoms with Crippen LogP contribution in [0.15, 0.2) is 47.6 Å². The van der Waals surface area contributed by atoms with Crippen LogP contribution in [0.5, 0.6) is 0 Å². The summed E-state index contributed by atoms with van der Waals surface area (Å²) in [5, 5.41) is 12.2. The predicted octanol–water partition coefficient (Wildman–Crippen LogP) is 3.56. The van der Waals surface area contributed by atoms with Crippen LogP contribution in [-0.2, 0) is 11.3 Å². The number of hydrogen-bond acceptors (Lipinski definition) is 5. The molecule has 0 unspecified atom stereocenters. The third kappa shape index (κ3) is 4.39. The highest BCUT2D eigenvalue weighted by Crippen LogP contribution is 2.27. The Hall–Kier alpha value is -2.74. The zero-order chi connectivity index (χ0) is 20.3. The van der Waals surface area contributed by atoms with Gasteiger partial charge in [-0.15, -0.1) is 5.10 Å². The molecule has 1 aromatic heterocycles. The summed E-state index contributed by atoms with van der Waals surface area (Å²) in [6.07, 6.45) is 0. The van der Waals surface area contributed by atoms with Crippen LogP contribution in [0, 0.1) is 19.7 Å². The number of halogens is 1. The molecule has 0 aliphatic heterocycles. The molecule has 0 saturated carbocycles. The molecule has 0 bridgehead atoms. The SMILES string of the molecule is Cc1cccc(C)c1-n1nnnc1S[C@H](C)C(=O)N(C)Cc1cccc(F)c1. The Balaban J connectivity index is 1.74. The number of para-hydroxylation sites is 1. The van der Waals surface area contributed by atoms with Gasteiger partial charge in [0.2, 0.25) is 11.1 Å². The van der Waals surface area contributed by atoms with E-state index in [-0.39, 0.29) is 11.7 Å². The van der Waals surface area contributed by atoms with Crippen LogP contribution in [0.25, 0.3) is 5.69 Å². The highest BCUT2D eigenvalue weighted by Gasteiger charge is 2.23. The lowest BCUT2D eigenvalue weighted by atomic mass is 10.1. The summed E-state index contributed by atoms with van der Waals surface area (Å²) in [6.45, 7) is 6.15. The van der Waals surface area contributed by atoms with Crippen LogP contribution in [-0.4, -0.2) is 43.3 Å². The van der Waals surface area contributed by atoms with Crippen molar-refractivity contribution < 1.29 is 9.18 Å². The van der Waals surface area contributed by atoms with E-state index in [0.717, 1.165) is 22.4 Å². The standard InChI is InChI=1S/C20H22FN5OS/c1-13-7-5-8-14(2)18(13)26-20(22-23-24-26)28-15(3)19(27)25(4)12-16-9-6-10-17(21)11-16/h5-11,15H,12H2,1-4H3/t15-/m1/s1. The molecule has 1 amide bonds. The van der Waals surface area contributed by atoms with E-state index in [1.165, 1.54) is 23.9 Å². The molecule has 146 valence electrons. The Bertz CT molecular complexity index is 970. The third-order valence-corrected chi connectivity index (χ3v) is 5.43. The van der Waals surface area contributed by atoms with Gasteiger partial charge in [0.25, 0.3) is 0 Å². The number of tetrazole rings is 1. The quantitative estimate of drug-likeness (QED) is 0.593. The van der Waals surface area contributed by atoms with Gasteiger partial charge >= 0.3 is 0 Å². The lowest BCUT2D eigenvalue weighted by molar-refractivity contribution is -0.129. The van der Waals surface area contributed by atoms with Crippen molar-refractivity contribution in [2.45, 2.75) is 37.7 Å². The Morgan fingerprint density at radius 2 is 1.89 bits per heavy atom. The second-order valence-corrected chi connectivity index (χ2v) is 8.01. The molecule has 0 fully saturated rings. The van der Waals surface area contributed by atoms with E-state index in [4.69, 9.17) is 0 Å². The van der Waals surface area contributed by atoms with Gasteiger partial charge in [0.1, 0.15) is 5.82 Å². The molecule has 3 rings (SSSR count). The summed E-state index contributed by atoms with van der Waals surface area (Å²) in [5.41, 5.74) is 3.77. The van der Waals surface area contributed by atoms with E-state index in [0.29, 0.717) is 11.7 Å². The molecule has 1 heterocycles. The van der Waals surface area contributed by atoms with Crippen LogP contribution in [0.3, 0.4) is 0 Å². The highest BCUT2D eigenvalue weighted by molar-refractivity contribution is 8.00. The van der Waals surface area contributed by atoms with Gasteiger partial charge < -0.3 is 4.90 Å². The average molecular weight is 399 g/mol. The van der Waals surface area contributed by atoms with Crippen molar-refractivity contribution in [1.29, 1.82) is 0 Å². The lowest BCUT2D eigenvalue weighted by Gasteiger charge is -2.21. The van der Waals surface area contributed by atoms with Gasteiger partial charge in [0.15, 0.2) is 0 Å². The number of carbonyl (C=O) groups is 1. The second-order valence-electron chi connectivity index (χ2n) is 6.70. The van der Waals surface area contributed by atoms with Gasteiger partial charge in [-0.1, -0.05) is 42.1 Å². The number of aromatic nitrogens is 4. The Morgan fingerprint density at radius 3 is 2.57 bits per heavy atom. The minimum Gasteiger partial charge on any atom is -0.340 e. The molecule has 2 aromatic carbocycles. The van der Waals surface area contributed by atoms with E-state index >= 15 is 0 Å². The molecular weight excluding hydrogens is 377 g/mol. The summed E-state index contributed by atoms with van der Waals surface area (Å²) in [7, 11) is 1.71. The van der Waals surface area contributed by atoms with Crippen LogP contribution < -0.4 is 0 Å². The summed E-state index contributed by atoms with van der Waals surface area (Å²) >= 11 is 1.30. The smallest absolute Gasteiger partial charge is 0.235 e. The van der Waals surface area contributed by atoms with Crippen molar-refractivity contribution in [1.82, 2.24) is 25.1 Å². The van der Waals surface area contributed by atoms with Crippen molar-refractivity contribution >= 4 is 17.7 Å². The molecule has 0 saturated heterocycles. The maximum atomic E-state index is 13.4. The van der Waals surface area contributed by atoms with Gasteiger partial charge in [-0.2, -0.15) is 4.68 Å². The maximum absolute atomic E-state index is 13.4. The first-order chi connectivity index (χ1) is 13.4. The largest absolute Gasteiger partial charge is 0.340 e. The number of benzene rings is 2. The molecule has 6 nitrogen and oxygen atoms in total. The van der Waals surface area contributed by atoms with Gasteiger partial charge in [-0.3, -0.25) is 4.79 Å². The van der Waals surface area contributed by atoms with Crippen molar-refractivity contribution in [3.8, 4) is 5.69 Å². The fraction of sp³-hybridized carbons (Fsp3) is 0.300. The Labute approximate surface area is 167 Å². The number of aryl methyl sites for hydroxylation is 2. The average Bonchev–Trinajstić information content (AvgIpc) is 3.08. The minimum atomic E-state index is -0.396. The fourth-order valence-electron chi connectivity index (χ4n) is 3.04. The summed E-state index contributed by atoms with van der Waals surface area (Å²) in [4.78, 5) is 14.4. The highest BCUT2D eigenvalue weighted by atomic mass is 32.2. The van der Waals surface area contributed by atoms with Gasteiger partial charge in [-0.25, -0.2) is 4.39 Å². The number of rotatable bonds is 6. The second kappa shape index (κ2) is 8.52. The third-order valence-electron chi connectivity index (χ3n) is 4.41. The molecule has 3 aromatic rings. The number of amides is 1. The van der Waals surface area contributed by atoms with Crippen molar-refractivity contribution in [2.75, 3.05) is 7.05 Å². The summed E-state index contributed by atoms with van der Waals surface area (Å²) in [6, 6.07) is 12.2. The van der Waals surface area contributed by atoms with E-state index < -0.39 is 5.25 Å². The minimum absolute atomic E-state index is 0.0784. The van der Waals surface area contributed by atoms with Crippen LogP contribution >= 0.6 is 11.8 Å². The molecule has 28 heavy (non-hydrogen) atoms. The summed E-state index contributed by atoms with van der Waals surface area (Å²) in [5.74, 6) is -0.390. The van der Waals surface area contributed by atoms with Crippen molar-refractivity contribution in [3.63, 3.8) is 0 Å². The van der Waals surface area contributed by atoms with E-state index in [1.54, 1.807) is 28.8 Å². The Morgan fingerprint density at radius 1 is 1.21 bits per heavy atom. The van der Waals surface area contributed by atoms with Crippen LogP contribution in [0.2, 0.25) is 0 Å². The zero-order valence-corrected chi connectivity index (χ0v) is 17.1. The van der Waals surface area contributed by atoms with Crippen LogP contribution in [0.4, 0.5) is 4.39 Å². The van der Waals surface area contributed by atoms with Gasteiger partial charge in [0, 0.05) is 13.6 Å². The van der Waals surface area contributed by atoms with Crippen molar-refractivity contribution in [2.24, 2.45) is 0 Å². The first-order valence-electron chi connectivity index (χ1n) is 8.88. The zero-order valence-electron chi connectivity index (χ0n) is 16.3. The molecule has 0 spiro atoms. The van der Waals surface area contributed by atoms with Gasteiger partial charge in [-0.05, 0) is 60.0 Å². The number of hydrogen-bond donors (Lipinski definition) is 0. The van der Waals surface area contributed by atoms with E-state index in [1.807, 2.05) is 39.0 Å². The molecule has 1 atom stereocenters. The molecule has 0 aliphatic carbocycles.